The van der Waals surface area contributed by atoms with Crippen molar-refractivity contribution in [1.29, 1.82) is 0 Å². The zero-order chi connectivity index (χ0) is 8.43. The van der Waals surface area contributed by atoms with Crippen LogP contribution in [-0.4, -0.2) is 36.5 Å². The van der Waals surface area contributed by atoms with Gasteiger partial charge in [0.05, 0.1) is 0 Å². The number of rotatable bonds is 2. The van der Waals surface area contributed by atoms with Gasteiger partial charge >= 0.3 is 0 Å². The molecular formula is C5H9NO3S2. The van der Waals surface area contributed by atoms with Gasteiger partial charge in [-0.1, -0.05) is 11.8 Å². The highest BCUT2D eigenvalue weighted by Crippen LogP contribution is 2.23. The van der Waals surface area contributed by atoms with Gasteiger partial charge < -0.3 is 0 Å². The zero-order valence-corrected chi connectivity index (χ0v) is 7.65. The Labute approximate surface area is 71.8 Å². The molecule has 1 heterocycles. The van der Waals surface area contributed by atoms with E-state index in [9.17, 15) is 9.00 Å². The van der Waals surface area contributed by atoms with Crippen molar-refractivity contribution in [3.05, 3.63) is 0 Å². The van der Waals surface area contributed by atoms with Crippen molar-refractivity contribution in [3.63, 3.8) is 0 Å². The van der Waals surface area contributed by atoms with E-state index in [1.165, 1.54) is 23.0 Å². The second-order valence-corrected chi connectivity index (χ2v) is 4.76. The first-order valence-corrected chi connectivity index (χ1v) is 5.07. The Morgan fingerprint density at radius 2 is 2.27 bits per heavy atom. The van der Waals surface area contributed by atoms with E-state index in [0.717, 1.165) is 0 Å². The molecule has 1 unspecified atom stereocenters. The lowest BCUT2D eigenvalue weighted by Gasteiger charge is -2.34. The van der Waals surface area contributed by atoms with Crippen molar-refractivity contribution < 1.29 is 13.6 Å². The molecule has 1 N–H and O–H groups in total. The molecule has 11 heavy (non-hydrogen) atoms. The average molecular weight is 195 g/mol. The fourth-order valence-electron chi connectivity index (χ4n) is 0.838. The summed E-state index contributed by atoms with van der Waals surface area (Å²) in [7, 11) is 0. The number of thioether (sulfide) groups is 1. The molecule has 0 radical (unpaired) electrons. The van der Waals surface area contributed by atoms with E-state index in [0.29, 0.717) is 13.1 Å². The Morgan fingerprint density at radius 3 is 2.64 bits per heavy atom. The molecule has 1 rings (SSSR count). The van der Waals surface area contributed by atoms with Crippen LogP contribution in [0.3, 0.4) is 0 Å². The second-order valence-electron chi connectivity index (χ2n) is 2.31. The van der Waals surface area contributed by atoms with Crippen molar-refractivity contribution in [1.82, 2.24) is 4.31 Å². The molecule has 1 aliphatic heterocycles. The highest BCUT2D eigenvalue weighted by molar-refractivity contribution is 8.14. The molecule has 1 fully saturated rings. The molecule has 1 atom stereocenters. The Balaban J connectivity index is 2.19. The first-order valence-electron chi connectivity index (χ1n) is 3.12. The molecule has 0 aliphatic carbocycles. The summed E-state index contributed by atoms with van der Waals surface area (Å²) in [4.78, 5) is 10.5. The fraction of sp³-hybridized carbons (Fsp3) is 0.800. The van der Waals surface area contributed by atoms with Crippen LogP contribution in [-0.2, 0) is 16.1 Å². The molecule has 1 aliphatic rings. The first kappa shape index (κ1) is 9.18. The highest BCUT2D eigenvalue weighted by atomic mass is 32.2. The summed E-state index contributed by atoms with van der Waals surface area (Å²) in [5, 5.41) is 0.280. The molecule has 0 bridgehead atoms. The highest BCUT2D eigenvalue weighted by Gasteiger charge is 2.31. The predicted molar refractivity (Wildman–Crippen MR) is 44.4 cm³/mol. The van der Waals surface area contributed by atoms with E-state index in [1.807, 2.05) is 0 Å². The Kier molecular flexibility index (Phi) is 3.06. The van der Waals surface area contributed by atoms with E-state index < -0.39 is 11.3 Å². The summed E-state index contributed by atoms with van der Waals surface area (Å²) in [6, 6.07) is 0. The van der Waals surface area contributed by atoms with Crippen LogP contribution >= 0.6 is 11.8 Å². The van der Waals surface area contributed by atoms with E-state index in [1.54, 1.807) is 0 Å². The molecule has 4 nitrogen and oxygen atoms in total. The molecule has 0 amide bonds. The smallest absolute Gasteiger partial charge is 0.234 e. The van der Waals surface area contributed by atoms with Crippen LogP contribution in [0.1, 0.15) is 6.92 Å². The summed E-state index contributed by atoms with van der Waals surface area (Å²) < 4.78 is 20.3. The Bertz CT molecular complexity index is 190. The number of carbonyl (C=O) groups is 1. The van der Waals surface area contributed by atoms with E-state index in [2.05, 4.69) is 0 Å². The van der Waals surface area contributed by atoms with Gasteiger partial charge in [0.25, 0.3) is 0 Å². The van der Waals surface area contributed by atoms with Crippen molar-refractivity contribution in [2.45, 2.75) is 12.2 Å². The van der Waals surface area contributed by atoms with E-state index in [4.69, 9.17) is 4.55 Å². The normalized spacial score (nSPS) is 22.7. The summed E-state index contributed by atoms with van der Waals surface area (Å²) >= 11 is -0.614. The number of nitrogens with zero attached hydrogens (tertiary/aromatic N) is 1. The largest absolute Gasteiger partial charge is 0.294 e. The molecule has 0 saturated carbocycles. The van der Waals surface area contributed by atoms with Gasteiger partial charge in [-0.15, -0.1) is 0 Å². The maximum atomic E-state index is 10.5. The third-order valence-corrected chi connectivity index (χ3v) is 3.07. The van der Waals surface area contributed by atoms with Gasteiger partial charge in [0.15, 0.2) is 5.12 Å². The Hall–Kier alpha value is 0.0900. The van der Waals surface area contributed by atoms with Crippen LogP contribution in [0.5, 0.6) is 0 Å². The van der Waals surface area contributed by atoms with Gasteiger partial charge in [0, 0.05) is 25.3 Å². The molecule has 0 aromatic heterocycles. The first-order chi connectivity index (χ1) is 5.09. The standard InChI is InChI=1S/C5H9NO3S2/c1-4(7)10-5-2-6(3-5)11(8)9/h5H,2-3H2,1H3,(H,8,9). The van der Waals surface area contributed by atoms with Crippen LogP contribution in [0.25, 0.3) is 0 Å². The maximum absolute atomic E-state index is 10.5. The molecule has 0 spiro atoms. The average Bonchev–Trinajstić information content (AvgIpc) is 1.75. The minimum Gasteiger partial charge on any atom is -0.294 e. The van der Waals surface area contributed by atoms with Gasteiger partial charge in [-0.25, -0.2) is 4.21 Å². The zero-order valence-electron chi connectivity index (χ0n) is 6.02. The number of carbonyl (C=O) groups excluding carboxylic acids is 1. The monoisotopic (exact) mass is 195 g/mol. The third-order valence-electron chi connectivity index (χ3n) is 1.37. The SMILES string of the molecule is CC(=O)SC1CN(S(=O)O)C1. The maximum Gasteiger partial charge on any atom is 0.234 e. The van der Waals surface area contributed by atoms with Crippen LogP contribution in [0.15, 0.2) is 0 Å². The molecule has 1 saturated heterocycles. The topological polar surface area (TPSA) is 57.6 Å². The van der Waals surface area contributed by atoms with Crippen LogP contribution in [0.4, 0.5) is 0 Å². The van der Waals surface area contributed by atoms with Gasteiger partial charge in [-0.3, -0.25) is 9.35 Å². The van der Waals surface area contributed by atoms with Gasteiger partial charge in [0.1, 0.15) is 0 Å². The van der Waals surface area contributed by atoms with Crippen molar-refractivity contribution in [2.24, 2.45) is 0 Å². The molecular weight excluding hydrogens is 186 g/mol. The van der Waals surface area contributed by atoms with Crippen molar-refractivity contribution in [2.75, 3.05) is 13.1 Å². The van der Waals surface area contributed by atoms with E-state index >= 15 is 0 Å². The molecule has 64 valence electrons. The van der Waals surface area contributed by atoms with Gasteiger partial charge in [0.2, 0.25) is 11.3 Å². The van der Waals surface area contributed by atoms with Crippen LogP contribution in [0.2, 0.25) is 0 Å². The minimum atomic E-state index is -1.85. The summed E-state index contributed by atoms with van der Waals surface area (Å²) in [6.07, 6.45) is 0. The number of hydrogen-bond donors (Lipinski definition) is 1. The van der Waals surface area contributed by atoms with Crippen molar-refractivity contribution >= 4 is 28.1 Å². The number of hydrogen-bond acceptors (Lipinski definition) is 3. The summed E-state index contributed by atoms with van der Waals surface area (Å²) in [6.45, 7) is 2.57. The molecule has 0 aromatic rings. The lowest BCUT2D eigenvalue weighted by molar-refractivity contribution is -0.109. The van der Waals surface area contributed by atoms with E-state index in [-0.39, 0.29) is 10.4 Å². The fourth-order valence-corrected chi connectivity index (χ4v) is 2.62. The third kappa shape index (κ3) is 2.55. The summed E-state index contributed by atoms with van der Waals surface area (Å²) in [5.74, 6) is 0. The van der Waals surface area contributed by atoms with Crippen LogP contribution < -0.4 is 0 Å². The lowest BCUT2D eigenvalue weighted by Crippen LogP contribution is -2.49. The lowest BCUT2D eigenvalue weighted by atomic mass is 10.3. The Morgan fingerprint density at radius 1 is 1.73 bits per heavy atom. The van der Waals surface area contributed by atoms with Crippen molar-refractivity contribution in [3.8, 4) is 0 Å². The van der Waals surface area contributed by atoms with Crippen LogP contribution in [0, 0.1) is 0 Å². The molecule has 0 aromatic carbocycles. The quantitative estimate of drug-likeness (QED) is 0.634. The summed E-state index contributed by atoms with van der Waals surface area (Å²) in [5.41, 5.74) is 0. The minimum absolute atomic E-state index is 0.0679. The second kappa shape index (κ2) is 3.66. The molecule has 6 heteroatoms. The van der Waals surface area contributed by atoms with Gasteiger partial charge in [-0.2, -0.15) is 4.31 Å². The van der Waals surface area contributed by atoms with Gasteiger partial charge in [-0.05, 0) is 0 Å². The predicted octanol–water partition coefficient (Wildman–Crippen LogP) is 0.0870.